The van der Waals surface area contributed by atoms with Gasteiger partial charge >= 0.3 is 6.03 Å². The highest BCUT2D eigenvalue weighted by Gasteiger charge is 2.53. The van der Waals surface area contributed by atoms with Crippen molar-refractivity contribution < 1.29 is 19.1 Å². The number of anilines is 1. The fraction of sp³-hybridized carbons (Fsp3) is 0.258. The van der Waals surface area contributed by atoms with Crippen molar-refractivity contribution in [1.82, 2.24) is 15.2 Å². The molecule has 8 nitrogen and oxygen atoms in total. The lowest BCUT2D eigenvalue weighted by molar-refractivity contribution is -0.120. The van der Waals surface area contributed by atoms with Gasteiger partial charge in [-0.1, -0.05) is 49.4 Å². The zero-order valence-electron chi connectivity index (χ0n) is 22.1. The normalized spacial score (nSPS) is 19.2. The number of H-pyrrole nitrogens is 1. The van der Waals surface area contributed by atoms with Crippen molar-refractivity contribution in [2.75, 3.05) is 12.0 Å². The SMILES string of the molecule is CC[C@H](C)NC(=O)c1ccccc1N1C(=O)[C@@H]2Cc3c([nH]c4ccccc34)[C@H](c3ccc(OC)cc3)N2C1=O. The second-order valence-electron chi connectivity index (χ2n) is 10.1. The molecule has 0 aliphatic carbocycles. The van der Waals surface area contributed by atoms with Crippen molar-refractivity contribution in [3.05, 3.63) is 95.2 Å². The number of benzene rings is 3. The summed E-state index contributed by atoms with van der Waals surface area (Å²) >= 11 is 0. The molecule has 198 valence electrons. The number of carbonyl (C=O) groups excluding carboxylic acids is 3. The number of fused-ring (bicyclic) bond motifs is 4. The largest absolute Gasteiger partial charge is 0.497 e. The van der Waals surface area contributed by atoms with E-state index in [4.69, 9.17) is 4.74 Å². The van der Waals surface area contributed by atoms with Crippen LogP contribution < -0.4 is 15.0 Å². The first-order chi connectivity index (χ1) is 18.9. The maximum absolute atomic E-state index is 14.2. The molecule has 0 saturated carbocycles. The number of urea groups is 1. The number of aromatic nitrogens is 1. The Morgan fingerprint density at radius 1 is 1.05 bits per heavy atom. The molecule has 3 atom stereocenters. The van der Waals surface area contributed by atoms with Gasteiger partial charge in [0.1, 0.15) is 17.8 Å². The van der Waals surface area contributed by atoms with Crippen molar-refractivity contribution in [2.45, 2.75) is 44.8 Å². The van der Waals surface area contributed by atoms with Gasteiger partial charge in [0.05, 0.1) is 18.4 Å². The van der Waals surface area contributed by atoms with Crippen molar-refractivity contribution >= 4 is 34.4 Å². The van der Waals surface area contributed by atoms with Crippen LogP contribution in [0.4, 0.5) is 10.5 Å². The van der Waals surface area contributed by atoms with Gasteiger partial charge in [0.15, 0.2) is 0 Å². The number of para-hydroxylation sites is 2. The molecule has 4 amide bonds. The Balaban J connectivity index is 1.47. The van der Waals surface area contributed by atoms with Crippen LogP contribution in [-0.4, -0.2) is 46.9 Å². The molecular weight excluding hydrogens is 492 g/mol. The Labute approximate surface area is 226 Å². The van der Waals surface area contributed by atoms with E-state index in [1.807, 2.05) is 62.4 Å². The van der Waals surface area contributed by atoms with Gasteiger partial charge in [-0.05, 0) is 54.8 Å². The molecule has 0 radical (unpaired) electrons. The molecule has 0 bridgehead atoms. The lowest BCUT2D eigenvalue weighted by atomic mass is 9.89. The number of carbonyl (C=O) groups is 3. The quantitative estimate of drug-likeness (QED) is 0.341. The summed E-state index contributed by atoms with van der Waals surface area (Å²) in [6, 6.07) is 20.6. The molecule has 8 heteroatoms. The number of nitrogens with one attached hydrogen (secondary N) is 2. The summed E-state index contributed by atoms with van der Waals surface area (Å²) in [6.07, 6.45) is 1.15. The minimum Gasteiger partial charge on any atom is -0.497 e. The first-order valence-electron chi connectivity index (χ1n) is 13.2. The maximum Gasteiger partial charge on any atom is 0.332 e. The van der Waals surface area contributed by atoms with E-state index in [-0.39, 0.29) is 17.9 Å². The molecule has 4 aromatic rings. The molecule has 2 N–H and O–H groups in total. The third-order valence-electron chi connectivity index (χ3n) is 7.86. The molecule has 1 fully saturated rings. The third-order valence-corrected chi connectivity index (χ3v) is 7.86. The van der Waals surface area contributed by atoms with Crippen LogP contribution in [0, 0.1) is 0 Å². The number of nitrogens with zero attached hydrogens (tertiary/aromatic N) is 2. The summed E-state index contributed by atoms with van der Waals surface area (Å²) in [7, 11) is 1.61. The summed E-state index contributed by atoms with van der Waals surface area (Å²) in [5.41, 5.74) is 4.33. The van der Waals surface area contributed by atoms with Crippen LogP contribution in [0.25, 0.3) is 10.9 Å². The van der Waals surface area contributed by atoms with E-state index in [1.165, 1.54) is 4.90 Å². The van der Waals surface area contributed by atoms with Crippen LogP contribution in [0.5, 0.6) is 5.75 Å². The van der Waals surface area contributed by atoms with Gasteiger partial charge in [0.2, 0.25) is 0 Å². The number of amides is 4. The predicted octanol–water partition coefficient (Wildman–Crippen LogP) is 5.19. The molecule has 1 saturated heterocycles. The first kappa shape index (κ1) is 24.7. The predicted molar refractivity (Wildman–Crippen MR) is 149 cm³/mol. The van der Waals surface area contributed by atoms with Crippen molar-refractivity contribution in [2.24, 2.45) is 0 Å². The second-order valence-corrected chi connectivity index (χ2v) is 10.1. The fourth-order valence-electron chi connectivity index (χ4n) is 5.69. The molecule has 6 rings (SSSR count). The topological polar surface area (TPSA) is 94.7 Å². The molecule has 3 heterocycles. The van der Waals surface area contributed by atoms with Crippen LogP contribution in [-0.2, 0) is 11.2 Å². The first-order valence-corrected chi connectivity index (χ1v) is 13.2. The van der Waals surface area contributed by atoms with Crippen LogP contribution in [0.15, 0.2) is 72.8 Å². The van der Waals surface area contributed by atoms with Gasteiger partial charge in [-0.15, -0.1) is 0 Å². The van der Waals surface area contributed by atoms with Crippen LogP contribution in [0.3, 0.4) is 0 Å². The number of aromatic amines is 1. The van der Waals surface area contributed by atoms with Crippen LogP contribution in [0.2, 0.25) is 0 Å². The van der Waals surface area contributed by atoms with Gasteiger partial charge < -0.3 is 15.0 Å². The Hall–Kier alpha value is -4.59. The van der Waals surface area contributed by atoms with Gasteiger partial charge in [-0.2, -0.15) is 0 Å². The van der Waals surface area contributed by atoms with Crippen LogP contribution in [0.1, 0.15) is 53.5 Å². The second kappa shape index (κ2) is 9.62. The summed E-state index contributed by atoms with van der Waals surface area (Å²) in [5, 5.41) is 4.00. The summed E-state index contributed by atoms with van der Waals surface area (Å²) in [4.78, 5) is 47.8. The highest BCUT2D eigenvalue weighted by molar-refractivity contribution is 6.24. The molecule has 0 spiro atoms. The van der Waals surface area contributed by atoms with Crippen molar-refractivity contribution in [1.29, 1.82) is 0 Å². The van der Waals surface area contributed by atoms with E-state index >= 15 is 0 Å². The lowest BCUT2D eigenvalue weighted by Gasteiger charge is -2.36. The summed E-state index contributed by atoms with van der Waals surface area (Å²) < 4.78 is 5.36. The standard InChI is InChI=1S/C31H30N4O4/c1-4-18(2)32-29(36)22-10-6-8-12-25(22)35-30(37)26-17-23-21-9-5-7-11-24(21)33-27(23)28(34(26)31(35)38)19-13-15-20(39-3)16-14-19/h5-16,18,26,28,33H,4,17H2,1-3H3,(H,32,36)/t18-,26-,28-/m0/s1. The highest BCUT2D eigenvalue weighted by Crippen LogP contribution is 2.45. The number of hydrogen-bond donors (Lipinski definition) is 2. The van der Waals surface area contributed by atoms with E-state index < -0.39 is 18.1 Å². The Morgan fingerprint density at radius 3 is 2.51 bits per heavy atom. The number of imide groups is 1. The van der Waals surface area contributed by atoms with Gasteiger partial charge in [0.25, 0.3) is 11.8 Å². The van der Waals surface area contributed by atoms with E-state index in [0.717, 1.165) is 34.1 Å². The molecule has 1 aromatic heterocycles. The Morgan fingerprint density at radius 2 is 1.77 bits per heavy atom. The number of ether oxygens (including phenoxy) is 1. The van der Waals surface area contributed by atoms with E-state index in [1.54, 1.807) is 36.3 Å². The molecule has 3 aromatic carbocycles. The molecule has 0 unspecified atom stereocenters. The zero-order chi connectivity index (χ0) is 27.3. The molecule has 2 aliphatic heterocycles. The average Bonchev–Trinajstić information content (AvgIpc) is 3.46. The zero-order valence-corrected chi connectivity index (χ0v) is 22.1. The van der Waals surface area contributed by atoms with Crippen molar-refractivity contribution in [3.63, 3.8) is 0 Å². The molecule has 2 aliphatic rings. The highest BCUT2D eigenvalue weighted by atomic mass is 16.5. The maximum atomic E-state index is 14.2. The number of hydrogen-bond acceptors (Lipinski definition) is 4. The minimum absolute atomic E-state index is 0.0420. The summed E-state index contributed by atoms with van der Waals surface area (Å²) in [5.74, 6) is 0.0567. The number of rotatable bonds is 6. The summed E-state index contributed by atoms with van der Waals surface area (Å²) in [6.45, 7) is 3.91. The van der Waals surface area contributed by atoms with Crippen LogP contribution >= 0.6 is 0 Å². The van der Waals surface area contributed by atoms with Gasteiger partial charge in [0, 0.05) is 29.1 Å². The van der Waals surface area contributed by atoms with Gasteiger partial charge in [-0.3, -0.25) is 14.5 Å². The smallest absolute Gasteiger partial charge is 0.332 e. The van der Waals surface area contributed by atoms with Gasteiger partial charge in [-0.25, -0.2) is 9.69 Å². The molecular formula is C31H30N4O4. The molecule has 39 heavy (non-hydrogen) atoms. The van der Waals surface area contributed by atoms with E-state index in [0.29, 0.717) is 23.4 Å². The average molecular weight is 523 g/mol. The third kappa shape index (κ3) is 3.94. The Bertz CT molecular complexity index is 1590. The fourth-order valence-corrected chi connectivity index (χ4v) is 5.69. The van der Waals surface area contributed by atoms with E-state index in [9.17, 15) is 14.4 Å². The number of methoxy groups -OCH3 is 1. The van der Waals surface area contributed by atoms with E-state index in [2.05, 4.69) is 10.3 Å². The Kier molecular flexibility index (Phi) is 6.10. The monoisotopic (exact) mass is 522 g/mol. The lowest BCUT2D eigenvalue weighted by Crippen LogP contribution is -2.44. The minimum atomic E-state index is -0.706. The van der Waals surface area contributed by atoms with Crippen molar-refractivity contribution in [3.8, 4) is 5.75 Å².